The Balaban J connectivity index is 2.78. The second kappa shape index (κ2) is 3.42. The quantitative estimate of drug-likeness (QED) is 0.814. The Morgan fingerprint density at radius 2 is 2.20 bits per heavy atom. The Labute approximate surface area is 87.9 Å². The lowest BCUT2D eigenvalue weighted by Gasteiger charge is -1.94. The van der Waals surface area contributed by atoms with Crippen LogP contribution in [-0.2, 0) is 6.42 Å². The van der Waals surface area contributed by atoms with Crippen LogP contribution >= 0.6 is 0 Å². The van der Waals surface area contributed by atoms with Gasteiger partial charge in [0.2, 0.25) is 0 Å². The summed E-state index contributed by atoms with van der Waals surface area (Å²) in [4.78, 5) is 11.2. The molecule has 1 aromatic heterocycles. The molecule has 0 fully saturated rings. The van der Waals surface area contributed by atoms with Crippen LogP contribution in [0.4, 0.5) is 0 Å². The molecule has 0 aliphatic heterocycles. The number of furan rings is 1. The van der Waals surface area contributed by atoms with E-state index in [0.29, 0.717) is 0 Å². The van der Waals surface area contributed by atoms with Crippen LogP contribution in [0.3, 0.4) is 0 Å². The lowest BCUT2D eigenvalue weighted by Crippen LogP contribution is -2.11. The molecule has 0 aliphatic carbocycles. The summed E-state index contributed by atoms with van der Waals surface area (Å²) in [6, 6.07) is 5.89. The van der Waals surface area contributed by atoms with E-state index >= 15 is 0 Å². The molecule has 3 heteroatoms. The monoisotopic (exact) mass is 203 g/mol. The second-order valence-electron chi connectivity index (χ2n) is 3.63. The molecule has 2 N–H and O–H groups in total. The summed E-state index contributed by atoms with van der Waals surface area (Å²) in [5, 5.41) is 0.983. The molecular formula is C12H13NO2. The number of carbonyl (C=O) groups excluding carboxylic acids is 1. The topological polar surface area (TPSA) is 56.2 Å². The molecule has 0 atom stereocenters. The summed E-state index contributed by atoms with van der Waals surface area (Å²) in [6.45, 7) is 3.97. The number of fused-ring (bicyclic) bond motifs is 1. The first-order valence-electron chi connectivity index (χ1n) is 4.95. The van der Waals surface area contributed by atoms with Crippen LogP contribution in [0.2, 0.25) is 0 Å². The van der Waals surface area contributed by atoms with Crippen molar-refractivity contribution in [3.8, 4) is 0 Å². The minimum atomic E-state index is -0.499. The van der Waals surface area contributed by atoms with Gasteiger partial charge >= 0.3 is 0 Å². The van der Waals surface area contributed by atoms with Crippen LogP contribution in [0, 0.1) is 6.92 Å². The molecule has 78 valence electrons. The fraction of sp³-hybridized carbons (Fsp3) is 0.250. The maximum atomic E-state index is 11.2. The number of aryl methyl sites for hydroxylation is 2. The van der Waals surface area contributed by atoms with Gasteiger partial charge in [-0.15, -0.1) is 0 Å². The van der Waals surface area contributed by atoms with Crippen molar-refractivity contribution in [2.75, 3.05) is 0 Å². The van der Waals surface area contributed by atoms with Crippen molar-refractivity contribution < 1.29 is 9.21 Å². The van der Waals surface area contributed by atoms with E-state index in [0.717, 1.165) is 28.5 Å². The van der Waals surface area contributed by atoms with E-state index in [1.165, 1.54) is 0 Å². The number of hydrogen-bond acceptors (Lipinski definition) is 2. The molecule has 0 saturated carbocycles. The number of amides is 1. The molecule has 0 spiro atoms. The molecular weight excluding hydrogens is 190 g/mol. The van der Waals surface area contributed by atoms with Crippen LogP contribution < -0.4 is 5.73 Å². The van der Waals surface area contributed by atoms with Crippen molar-refractivity contribution in [1.29, 1.82) is 0 Å². The summed E-state index contributed by atoms with van der Waals surface area (Å²) in [6.07, 6.45) is 0.744. The SMILES string of the molecule is CCc1c(C(N)=O)oc2cc(C)ccc12. The van der Waals surface area contributed by atoms with E-state index in [4.69, 9.17) is 10.2 Å². The first-order chi connectivity index (χ1) is 7.13. The fourth-order valence-electron chi connectivity index (χ4n) is 1.81. The first kappa shape index (κ1) is 9.77. The summed E-state index contributed by atoms with van der Waals surface area (Å²) in [5.74, 6) is -0.209. The molecule has 0 radical (unpaired) electrons. The highest BCUT2D eigenvalue weighted by Gasteiger charge is 2.16. The second-order valence-corrected chi connectivity index (χ2v) is 3.63. The molecule has 15 heavy (non-hydrogen) atoms. The van der Waals surface area contributed by atoms with Crippen LogP contribution in [0.1, 0.15) is 28.6 Å². The lowest BCUT2D eigenvalue weighted by molar-refractivity contribution is 0.0975. The number of primary amides is 1. The zero-order valence-electron chi connectivity index (χ0n) is 8.83. The molecule has 0 aliphatic rings. The van der Waals surface area contributed by atoms with E-state index in [2.05, 4.69) is 0 Å². The lowest BCUT2D eigenvalue weighted by atomic mass is 10.1. The fourth-order valence-corrected chi connectivity index (χ4v) is 1.81. The van der Waals surface area contributed by atoms with Crippen molar-refractivity contribution in [3.05, 3.63) is 35.1 Å². The average molecular weight is 203 g/mol. The molecule has 0 unspecified atom stereocenters. The van der Waals surface area contributed by atoms with E-state index in [9.17, 15) is 4.79 Å². The molecule has 0 saturated heterocycles. The predicted molar refractivity (Wildman–Crippen MR) is 58.8 cm³/mol. The number of benzene rings is 1. The predicted octanol–water partition coefficient (Wildman–Crippen LogP) is 2.40. The third-order valence-electron chi connectivity index (χ3n) is 2.53. The van der Waals surface area contributed by atoms with Crippen molar-refractivity contribution in [3.63, 3.8) is 0 Å². The highest BCUT2D eigenvalue weighted by atomic mass is 16.3. The van der Waals surface area contributed by atoms with Gasteiger partial charge in [0.05, 0.1) is 0 Å². The van der Waals surface area contributed by atoms with Gasteiger partial charge in [-0.1, -0.05) is 19.1 Å². The Morgan fingerprint density at radius 1 is 1.47 bits per heavy atom. The molecule has 1 amide bonds. The molecule has 2 aromatic rings. The van der Waals surface area contributed by atoms with Crippen LogP contribution in [-0.4, -0.2) is 5.91 Å². The highest BCUT2D eigenvalue weighted by molar-refractivity contribution is 5.98. The summed E-state index contributed by atoms with van der Waals surface area (Å²) < 4.78 is 5.46. The van der Waals surface area contributed by atoms with E-state index in [-0.39, 0.29) is 5.76 Å². The van der Waals surface area contributed by atoms with E-state index in [1.54, 1.807) is 0 Å². The largest absolute Gasteiger partial charge is 0.451 e. The van der Waals surface area contributed by atoms with Crippen LogP contribution in [0.15, 0.2) is 22.6 Å². The molecule has 1 heterocycles. The van der Waals surface area contributed by atoms with Crippen molar-refractivity contribution >= 4 is 16.9 Å². The third-order valence-corrected chi connectivity index (χ3v) is 2.53. The van der Waals surface area contributed by atoms with Gasteiger partial charge in [0.15, 0.2) is 5.76 Å². The maximum absolute atomic E-state index is 11.2. The van der Waals surface area contributed by atoms with Crippen molar-refractivity contribution in [2.45, 2.75) is 20.3 Å². The minimum absolute atomic E-state index is 0.290. The van der Waals surface area contributed by atoms with Crippen LogP contribution in [0.5, 0.6) is 0 Å². The summed E-state index contributed by atoms with van der Waals surface area (Å²) in [5.41, 5.74) is 8.00. The maximum Gasteiger partial charge on any atom is 0.284 e. The highest BCUT2D eigenvalue weighted by Crippen LogP contribution is 2.26. The minimum Gasteiger partial charge on any atom is -0.451 e. The number of hydrogen-bond donors (Lipinski definition) is 1. The van der Waals surface area contributed by atoms with Gasteiger partial charge < -0.3 is 10.2 Å². The summed E-state index contributed by atoms with van der Waals surface area (Å²) >= 11 is 0. The van der Waals surface area contributed by atoms with Gasteiger partial charge in [-0.05, 0) is 25.0 Å². The van der Waals surface area contributed by atoms with Crippen molar-refractivity contribution in [1.82, 2.24) is 0 Å². The third kappa shape index (κ3) is 1.50. The number of nitrogens with two attached hydrogens (primary N) is 1. The van der Waals surface area contributed by atoms with E-state index < -0.39 is 5.91 Å². The van der Waals surface area contributed by atoms with Gasteiger partial charge in [0.1, 0.15) is 5.58 Å². The first-order valence-corrected chi connectivity index (χ1v) is 4.95. The van der Waals surface area contributed by atoms with Gasteiger partial charge in [0, 0.05) is 10.9 Å². The normalized spacial score (nSPS) is 10.8. The number of rotatable bonds is 2. The van der Waals surface area contributed by atoms with Gasteiger partial charge in [-0.25, -0.2) is 0 Å². The molecule has 3 nitrogen and oxygen atoms in total. The Morgan fingerprint density at radius 3 is 2.80 bits per heavy atom. The Hall–Kier alpha value is -1.77. The van der Waals surface area contributed by atoms with Crippen molar-refractivity contribution in [2.24, 2.45) is 5.73 Å². The Bertz CT molecular complexity index is 526. The van der Waals surface area contributed by atoms with Gasteiger partial charge in [-0.2, -0.15) is 0 Å². The number of carbonyl (C=O) groups is 1. The Kier molecular flexibility index (Phi) is 2.23. The summed E-state index contributed by atoms with van der Waals surface area (Å²) in [7, 11) is 0. The zero-order chi connectivity index (χ0) is 11.0. The van der Waals surface area contributed by atoms with Crippen LogP contribution in [0.25, 0.3) is 11.0 Å². The standard InChI is InChI=1S/C12H13NO2/c1-3-8-9-5-4-7(2)6-10(9)15-11(8)12(13)14/h4-6H,3H2,1-2H3,(H2,13,14). The van der Waals surface area contributed by atoms with E-state index in [1.807, 2.05) is 32.0 Å². The molecule has 0 bridgehead atoms. The van der Waals surface area contributed by atoms with Gasteiger partial charge in [-0.3, -0.25) is 4.79 Å². The molecule has 1 aromatic carbocycles. The smallest absolute Gasteiger partial charge is 0.284 e. The average Bonchev–Trinajstić information content (AvgIpc) is 2.55. The van der Waals surface area contributed by atoms with Gasteiger partial charge in [0.25, 0.3) is 5.91 Å². The molecule has 2 rings (SSSR count). The zero-order valence-corrected chi connectivity index (χ0v) is 8.83.